The van der Waals surface area contributed by atoms with Crippen LogP contribution in [-0.4, -0.2) is 42.4 Å². The van der Waals surface area contributed by atoms with Crippen molar-refractivity contribution in [3.63, 3.8) is 0 Å². The molecule has 9 heteroatoms. The Labute approximate surface area is 189 Å². The molecule has 2 aromatic carbocycles. The molecule has 3 heterocycles. The first kappa shape index (κ1) is 21.8. The van der Waals surface area contributed by atoms with Crippen molar-refractivity contribution in [1.29, 1.82) is 0 Å². The van der Waals surface area contributed by atoms with Crippen LogP contribution in [0.1, 0.15) is 29.7 Å². The Morgan fingerprint density at radius 3 is 2.67 bits per heavy atom. The third kappa shape index (κ3) is 4.06. The van der Waals surface area contributed by atoms with E-state index in [1.165, 1.54) is 13.0 Å². The predicted molar refractivity (Wildman–Crippen MR) is 121 cm³/mol. The fourth-order valence-corrected chi connectivity index (χ4v) is 4.70. The molecule has 0 amide bonds. The predicted octanol–water partition coefficient (Wildman–Crippen LogP) is 4.29. The number of morpholine rings is 1. The van der Waals surface area contributed by atoms with Crippen LogP contribution < -0.4 is 15.7 Å². The molecule has 33 heavy (non-hydrogen) atoms. The number of halogens is 3. The maximum atomic E-state index is 13.4. The number of hydrogen-bond donors (Lipinski definition) is 1. The number of ether oxygens (including phenoxy) is 1. The van der Waals surface area contributed by atoms with Crippen molar-refractivity contribution in [3.8, 4) is 0 Å². The Morgan fingerprint density at radius 1 is 1.12 bits per heavy atom. The lowest BCUT2D eigenvalue weighted by Gasteiger charge is -2.29. The van der Waals surface area contributed by atoms with E-state index in [2.05, 4.69) is 33.0 Å². The van der Waals surface area contributed by atoms with Gasteiger partial charge in [0.15, 0.2) is 5.49 Å². The Morgan fingerprint density at radius 2 is 1.91 bits per heavy atom. The fraction of sp³-hybridized carbons (Fsp3) is 0.417. The summed E-state index contributed by atoms with van der Waals surface area (Å²) in [6, 6.07) is 10.0. The molecule has 6 nitrogen and oxygen atoms in total. The first-order chi connectivity index (χ1) is 15.8. The second kappa shape index (κ2) is 8.37. The normalized spacial score (nSPS) is 17.8. The average molecular weight is 458 g/mol. The minimum absolute atomic E-state index is 0.202. The minimum atomic E-state index is -4.40. The van der Waals surface area contributed by atoms with Crippen molar-refractivity contribution < 1.29 is 17.9 Å². The summed E-state index contributed by atoms with van der Waals surface area (Å²) in [5.74, 6) is 0.730. The van der Waals surface area contributed by atoms with Crippen molar-refractivity contribution in [3.05, 3.63) is 58.6 Å². The number of anilines is 2. The van der Waals surface area contributed by atoms with Crippen LogP contribution in [0.5, 0.6) is 0 Å². The van der Waals surface area contributed by atoms with E-state index >= 15 is 0 Å². The lowest BCUT2D eigenvalue weighted by Crippen LogP contribution is -2.36. The van der Waals surface area contributed by atoms with Gasteiger partial charge in [0.1, 0.15) is 0 Å². The molecule has 0 bridgehead atoms. The lowest BCUT2D eigenvalue weighted by molar-refractivity contribution is -0.138. The summed E-state index contributed by atoms with van der Waals surface area (Å²) in [7, 11) is 0. The van der Waals surface area contributed by atoms with Crippen LogP contribution in [-0.2, 0) is 17.5 Å². The molecule has 2 aliphatic rings. The molecule has 2 aliphatic heterocycles. The molecular weight excluding hydrogens is 431 g/mol. The van der Waals surface area contributed by atoms with Gasteiger partial charge in [-0.1, -0.05) is 12.1 Å². The molecule has 174 valence electrons. The highest BCUT2D eigenvalue weighted by molar-refractivity contribution is 5.83. The molecule has 1 unspecified atom stereocenters. The molecule has 0 spiro atoms. The van der Waals surface area contributed by atoms with Crippen LogP contribution in [0.25, 0.3) is 10.9 Å². The first-order valence-corrected chi connectivity index (χ1v) is 11.1. The van der Waals surface area contributed by atoms with E-state index in [1.807, 2.05) is 6.92 Å². The van der Waals surface area contributed by atoms with E-state index in [-0.39, 0.29) is 5.56 Å². The minimum Gasteiger partial charge on any atom is -0.378 e. The summed E-state index contributed by atoms with van der Waals surface area (Å²) in [5.41, 5.74) is 2.73. The van der Waals surface area contributed by atoms with Crippen LogP contribution >= 0.6 is 0 Å². The zero-order chi connectivity index (χ0) is 23.2. The Bertz CT molecular complexity index is 1260. The van der Waals surface area contributed by atoms with Gasteiger partial charge in [0, 0.05) is 37.3 Å². The average Bonchev–Trinajstić information content (AvgIpc) is 3.27. The van der Waals surface area contributed by atoms with E-state index in [0.29, 0.717) is 24.3 Å². The third-order valence-electron chi connectivity index (χ3n) is 6.42. The van der Waals surface area contributed by atoms with E-state index < -0.39 is 17.8 Å². The number of alkyl halides is 3. The third-order valence-corrected chi connectivity index (χ3v) is 6.42. The zero-order valence-corrected chi connectivity index (χ0v) is 18.6. The highest BCUT2D eigenvalue weighted by atomic mass is 19.4. The van der Waals surface area contributed by atoms with E-state index in [1.54, 1.807) is 6.07 Å². The number of hydrogen-bond acceptors (Lipinski definition) is 5. The molecule has 1 N–H and O–H groups in total. The molecule has 0 radical (unpaired) electrons. The van der Waals surface area contributed by atoms with Crippen molar-refractivity contribution in [2.45, 2.75) is 32.6 Å². The van der Waals surface area contributed by atoms with Crippen LogP contribution in [0.3, 0.4) is 0 Å². The van der Waals surface area contributed by atoms with E-state index in [9.17, 15) is 13.2 Å². The number of nitrogens with zero attached hydrogens (tertiary/aromatic N) is 4. The largest absolute Gasteiger partial charge is 0.416 e. The molecule has 0 aliphatic carbocycles. The van der Waals surface area contributed by atoms with Gasteiger partial charge in [-0.2, -0.15) is 18.2 Å². The first-order valence-electron chi connectivity index (χ1n) is 11.1. The molecule has 5 rings (SSSR count). The summed E-state index contributed by atoms with van der Waals surface area (Å²) >= 11 is 0. The fourth-order valence-electron chi connectivity index (χ4n) is 4.70. The molecule has 3 aromatic rings. The van der Waals surface area contributed by atoms with Crippen LogP contribution in [0.2, 0.25) is 0 Å². The van der Waals surface area contributed by atoms with Crippen LogP contribution in [0.15, 0.2) is 41.4 Å². The Balaban J connectivity index is 1.65. The van der Waals surface area contributed by atoms with Crippen LogP contribution in [0, 0.1) is 6.92 Å². The number of nitrogens with one attached hydrogen (secondary N) is 1. The van der Waals surface area contributed by atoms with Crippen molar-refractivity contribution in [2.75, 3.05) is 43.1 Å². The quantitative estimate of drug-likeness (QED) is 0.638. The Kier molecular flexibility index (Phi) is 5.52. The number of aromatic nitrogens is 2. The lowest BCUT2D eigenvalue weighted by atomic mass is 9.97. The standard InChI is InChI=1S/C24H26F3N5O/c1-15-18(4-3-5-20(15)24(25,26)27)16(2)29-22-19-14-17(31-10-12-33-13-11-31)6-7-21(19)32-9-8-28-23(32)30-22/h3-7,14,16H,8-13H2,1-2H3,(H,28,29,30). The van der Waals surface area contributed by atoms with Crippen LogP contribution in [0.4, 0.5) is 24.8 Å². The van der Waals surface area contributed by atoms with Gasteiger partial charge in [0.2, 0.25) is 5.95 Å². The topological polar surface area (TPSA) is 54.7 Å². The maximum absolute atomic E-state index is 13.4. The van der Waals surface area contributed by atoms with Crippen molar-refractivity contribution >= 4 is 22.5 Å². The van der Waals surface area contributed by atoms with E-state index in [4.69, 9.17) is 14.7 Å². The molecule has 1 saturated heterocycles. The zero-order valence-electron chi connectivity index (χ0n) is 18.6. The van der Waals surface area contributed by atoms with Gasteiger partial charge in [-0.15, -0.1) is 0 Å². The second-order valence-corrected chi connectivity index (χ2v) is 8.46. The highest BCUT2D eigenvalue weighted by Crippen LogP contribution is 2.35. The van der Waals surface area contributed by atoms with Gasteiger partial charge >= 0.3 is 6.18 Å². The summed E-state index contributed by atoms with van der Waals surface area (Å²) < 4.78 is 47.9. The van der Waals surface area contributed by atoms with Gasteiger partial charge in [0.25, 0.3) is 0 Å². The monoisotopic (exact) mass is 457 g/mol. The van der Waals surface area contributed by atoms with Gasteiger partial charge in [-0.25, -0.2) is 0 Å². The molecule has 1 fully saturated rings. The highest BCUT2D eigenvalue weighted by Gasteiger charge is 2.33. The van der Waals surface area contributed by atoms with Gasteiger partial charge in [-0.05, 0) is 49.2 Å². The summed E-state index contributed by atoms with van der Waals surface area (Å²) in [4.78, 5) is 11.9. The molecule has 1 atom stereocenters. The Hall–Kier alpha value is -3.07. The summed E-state index contributed by atoms with van der Waals surface area (Å²) in [5, 5.41) is 4.17. The summed E-state index contributed by atoms with van der Waals surface area (Å²) in [6.07, 6.45) is -4.40. The molecule has 0 saturated carbocycles. The summed E-state index contributed by atoms with van der Waals surface area (Å²) in [6.45, 7) is 7.89. The second-order valence-electron chi connectivity index (χ2n) is 8.46. The SMILES string of the molecule is Cc1c(C(C)N=c2nc3n(c4ccc(N5CCOCC5)cc24)CCN3)cccc1C(F)(F)F. The smallest absolute Gasteiger partial charge is 0.378 e. The number of benzene rings is 2. The molecular formula is C24H26F3N5O. The van der Waals surface area contributed by atoms with E-state index in [0.717, 1.165) is 54.8 Å². The molecule has 1 aromatic heterocycles. The van der Waals surface area contributed by atoms with Gasteiger partial charge in [0.05, 0.1) is 30.3 Å². The maximum Gasteiger partial charge on any atom is 0.416 e. The van der Waals surface area contributed by atoms with Gasteiger partial charge < -0.3 is 19.5 Å². The number of rotatable bonds is 3. The van der Waals surface area contributed by atoms with Crippen molar-refractivity contribution in [1.82, 2.24) is 9.55 Å². The van der Waals surface area contributed by atoms with Gasteiger partial charge in [-0.3, -0.25) is 4.99 Å². The van der Waals surface area contributed by atoms with Crippen molar-refractivity contribution in [2.24, 2.45) is 4.99 Å². The number of fused-ring (bicyclic) bond motifs is 3.